The minimum Gasteiger partial charge on any atom is -0.418 e. The fourth-order valence-electron chi connectivity index (χ4n) is 1.50. The first kappa shape index (κ1) is 24.6. The van der Waals surface area contributed by atoms with Crippen LogP contribution in [0.4, 0.5) is 45.9 Å². The molecule has 0 saturated heterocycles. The summed E-state index contributed by atoms with van der Waals surface area (Å²) in [5, 5.41) is 17.1. The van der Waals surface area contributed by atoms with Crippen molar-refractivity contribution in [2.75, 3.05) is 0 Å². The molecule has 0 saturated carbocycles. The maximum Gasteiger partial charge on any atom is 0.673 e. The molecule has 0 radical (unpaired) electrons. The average Bonchev–Trinajstić information content (AvgIpc) is 2.58. The molecule has 0 aliphatic carbocycles. The minimum absolute atomic E-state index is 0.529. The Balaban J connectivity index is 0.000000607. The highest BCUT2D eigenvalue weighted by Gasteiger charge is 2.21. The van der Waals surface area contributed by atoms with Gasteiger partial charge in [-0.3, -0.25) is 0 Å². The molecule has 0 bridgehead atoms. The summed E-state index contributed by atoms with van der Waals surface area (Å²) in [6, 6.07) is 14.4. The zero-order valence-corrected chi connectivity index (χ0v) is 13.7. The zero-order chi connectivity index (χ0) is 21.8. The van der Waals surface area contributed by atoms with Crippen LogP contribution in [0.1, 0.15) is 11.1 Å². The predicted molar refractivity (Wildman–Crippen MR) is 91.7 cm³/mol. The fraction of sp³-hybridized carbons (Fsp3) is 0. The van der Waals surface area contributed by atoms with E-state index in [-0.39, 0.29) is 0 Å². The number of nitrogens with zero attached hydrogens (tertiary/aromatic N) is 4. The van der Waals surface area contributed by atoms with Gasteiger partial charge in [0.25, 0.3) is 0 Å². The van der Waals surface area contributed by atoms with E-state index in [1.54, 1.807) is 24.3 Å². The van der Waals surface area contributed by atoms with E-state index in [0.717, 1.165) is 11.1 Å². The Labute approximate surface area is 153 Å². The lowest BCUT2D eigenvalue weighted by atomic mass is 10.1. The first-order chi connectivity index (χ1) is 12.8. The van der Waals surface area contributed by atoms with Gasteiger partial charge in [0, 0.05) is 24.3 Å². The van der Waals surface area contributed by atoms with E-state index in [1.807, 2.05) is 36.4 Å². The Morgan fingerprint density at radius 1 is 0.536 bits per heavy atom. The van der Waals surface area contributed by atoms with E-state index < -0.39 is 14.5 Å². The Kier molecular flexibility index (Phi) is 9.95. The lowest BCUT2D eigenvalue weighted by molar-refractivity contribution is 0.366. The molecule has 2 aromatic carbocycles. The molecular formula is C14H10B2F8N4. The minimum atomic E-state index is -6.00. The van der Waals surface area contributed by atoms with Gasteiger partial charge in [-0.15, -0.1) is 0 Å². The van der Waals surface area contributed by atoms with Crippen LogP contribution in [0.3, 0.4) is 0 Å². The molecule has 2 rings (SSSR count). The van der Waals surface area contributed by atoms with E-state index in [1.165, 1.54) is 0 Å². The zero-order valence-electron chi connectivity index (χ0n) is 13.7. The summed E-state index contributed by atoms with van der Waals surface area (Å²) in [4.78, 5) is 6.18. The summed E-state index contributed by atoms with van der Waals surface area (Å²) in [5.41, 5.74) is 3.08. The molecule has 148 valence electrons. The SMILES string of the molecule is F[B-](F)(F)F.F[B-](F)(F)F.N#[N+]c1ccc(/C=C/c2ccc([N+]#N)cc2)cc1. The molecule has 0 aliphatic heterocycles. The van der Waals surface area contributed by atoms with E-state index in [0.29, 0.717) is 11.4 Å². The van der Waals surface area contributed by atoms with Gasteiger partial charge in [-0.25, -0.2) is 0 Å². The molecule has 0 aliphatic rings. The van der Waals surface area contributed by atoms with E-state index in [2.05, 4.69) is 9.95 Å². The molecule has 2 aromatic rings. The molecule has 0 atom stereocenters. The Hall–Kier alpha value is -3.41. The number of hydrogen-bond acceptors (Lipinski definition) is 2. The topological polar surface area (TPSA) is 56.3 Å². The van der Waals surface area contributed by atoms with Gasteiger partial charge in [0.1, 0.15) is 0 Å². The molecule has 28 heavy (non-hydrogen) atoms. The molecule has 0 fully saturated rings. The third kappa shape index (κ3) is 16.1. The second kappa shape index (κ2) is 11.3. The van der Waals surface area contributed by atoms with E-state index >= 15 is 0 Å². The highest BCUT2D eigenvalue weighted by molar-refractivity contribution is 6.50. The van der Waals surface area contributed by atoms with Crippen LogP contribution in [0.15, 0.2) is 48.5 Å². The Morgan fingerprint density at radius 2 is 0.750 bits per heavy atom. The molecule has 14 heteroatoms. The summed E-state index contributed by atoms with van der Waals surface area (Å²) in [7, 11) is -12.0. The summed E-state index contributed by atoms with van der Waals surface area (Å²) in [6.45, 7) is 0. The number of diazo groups is 2. The van der Waals surface area contributed by atoms with Crippen molar-refractivity contribution in [3.8, 4) is 0 Å². The summed E-state index contributed by atoms with van der Waals surface area (Å²) in [5.74, 6) is 0. The van der Waals surface area contributed by atoms with Crippen molar-refractivity contribution in [2.24, 2.45) is 0 Å². The molecular weight excluding hydrogens is 398 g/mol. The average molecular weight is 408 g/mol. The van der Waals surface area contributed by atoms with Crippen LogP contribution in [0.25, 0.3) is 22.1 Å². The smallest absolute Gasteiger partial charge is 0.418 e. The molecule has 0 N–H and O–H groups in total. The van der Waals surface area contributed by atoms with Crippen LogP contribution in [0.2, 0.25) is 0 Å². The van der Waals surface area contributed by atoms with Crippen molar-refractivity contribution in [3.63, 3.8) is 0 Å². The van der Waals surface area contributed by atoms with Crippen LogP contribution < -0.4 is 0 Å². The molecule has 0 spiro atoms. The Morgan fingerprint density at radius 3 is 0.929 bits per heavy atom. The first-order valence-corrected chi connectivity index (χ1v) is 7.15. The fourth-order valence-corrected chi connectivity index (χ4v) is 1.50. The van der Waals surface area contributed by atoms with Gasteiger partial charge in [0.2, 0.25) is 10.8 Å². The summed E-state index contributed by atoms with van der Waals surface area (Å²) >= 11 is 0. The van der Waals surface area contributed by atoms with Crippen molar-refractivity contribution in [3.05, 3.63) is 69.6 Å². The summed E-state index contributed by atoms with van der Waals surface area (Å²) < 4.78 is 78.0. The largest absolute Gasteiger partial charge is 0.673 e. The lowest BCUT2D eigenvalue weighted by Crippen LogP contribution is -2.02. The maximum atomic E-state index is 9.75. The van der Waals surface area contributed by atoms with Crippen LogP contribution in [0.5, 0.6) is 0 Å². The number of rotatable bonds is 2. The molecule has 0 unspecified atom stereocenters. The van der Waals surface area contributed by atoms with Crippen molar-refractivity contribution in [1.82, 2.24) is 0 Å². The van der Waals surface area contributed by atoms with Gasteiger partial charge < -0.3 is 34.5 Å². The van der Waals surface area contributed by atoms with Crippen LogP contribution in [-0.4, -0.2) is 14.5 Å². The third-order valence-electron chi connectivity index (χ3n) is 2.49. The number of hydrogen-bond donors (Lipinski definition) is 0. The second-order valence-electron chi connectivity index (χ2n) is 4.71. The van der Waals surface area contributed by atoms with Crippen LogP contribution in [0, 0.1) is 10.8 Å². The molecule has 0 aromatic heterocycles. The number of halogens is 8. The van der Waals surface area contributed by atoms with Crippen LogP contribution >= 0.6 is 0 Å². The molecule has 0 heterocycles. The molecule has 0 amide bonds. The second-order valence-corrected chi connectivity index (χ2v) is 4.71. The van der Waals surface area contributed by atoms with Gasteiger partial charge >= 0.3 is 25.9 Å². The maximum absolute atomic E-state index is 9.75. The van der Waals surface area contributed by atoms with Gasteiger partial charge in [-0.2, -0.15) is 0 Å². The van der Waals surface area contributed by atoms with Gasteiger partial charge in [-0.05, 0) is 35.4 Å². The van der Waals surface area contributed by atoms with Gasteiger partial charge in [-0.1, -0.05) is 12.2 Å². The van der Waals surface area contributed by atoms with Crippen molar-refractivity contribution >= 4 is 38.0 Å². The normalized spacial score (nSPS) is 10.6. The van der Waals surface area contributed by atoms with Crippen LogP contribution in [-0.2, 0) is 0 Å². The standard InChI is InChI=1S/C14H10N4.2BF4/c15-17-13-7-3-11(4-8-13)1-2-12-5-9-14(18-16)10-6-12;2*2-1(3,4)5/h1-10H;;/q+2;2*-1/b2-1+;;. The van der Waals surface area contributed by atoms with E-state index in [4.69, 9.17) is 10.8 Å². The van der Waals surface area contributed by atoms with Crippen molar-refractivity contribution in [2.45, 2.75) is 0 Å². The summed E-state index contributed by atoms with van der Waals surface area (Å²) in [6.07, 6.45) is 3.90. The number of benzene rings is 2. The molecule has 4 nitrogen and oxygen atoms in total. The third-order valence-corrected chi connectivity index (χ3v) is 2.49. The monoisotopic (exact) mass is 408 g/mol. The van der Waals surface area contributed by atoms with Gasteiger partial charge in [0.15, 0.2) is 9.95 Å². The Bertz CT molecular complexity index is 751. The highest BCUT2D eigenvalue weighted by Crippen LogP contribution is 2.17. The predicted octanol–water partition coefficient (Wildman–Crippen LogP) is 7.43. The van der Waals surface area contributed by atoms with Gasteiger partial charge in [0.05, 0.1) is 0 Å². The van der Waals surface area contributed by atoms with Crippen molar-refractivity contribution < 1.29 is 34.5 Å². The highest BCUT2D eigenvalue weighted by atomic mass is 19.5. The quantitative estimate of drug-likeness (QED) is 0.225. The van der Waals surface area contributed by atoms with Crippen molar-refractivity contribution in [1.29, 1.82) is 10.8 Å². The first-order valence-electron chi connectivity index (χ1n) is 7.15. The van der Waals surface area contributed by atoms with E-state index in [9.17, 15) is 34.5 Å². The lowest BCUT2D eigenvalue weighted by Gasteiger charge is -1.94.